The van der Waals surface area contributed by atoms with Crippen LogP contribution in [0.3, 0.4) is 0 Å². The second kappa shape index (κ2) is 10.6. The van der Waals surface area contributed by atoms with E-state index in [1.165, 1.54) is 18.2 Å². The molecule has 0 radical (unpaired) electrons. The third-order valence-corrected chi connectivity index (χ3v) is 3.36. The van der Waals surface area contributed by atoms with E-state index in [-0.39, 0.29) is 16.9 Å². The zero-order valence-electron chi connectivity index (χ0n) is 12.9. The van der Waals surface area contributed by atoms with Crippen molar-refractivity contribution < 1.29 is 19.8 Å². The topological polar surface area (TPSA) is 86.6 Å². The number of carbonyl (C=O) groups is 2. The van der Waals surface area contributed by atoms with E-state index in [9.17, 15) is 14.7 Å². The van der Waals surface area contributed by atoms with Crippen LogP contribution in [0.25, 0.3) is 0 Å². The van der Waals surface area contributed by atoms with Crippen molar-refractivity contribution in [1.29, 1.82) is 0 Å². The summed E-state index contributed by atoms with van der Waals surface area (Å²) in [5.74, 6) is -0.320. The molecule has 0 aromatic carbocycles. The number of allylic oxidation sites excluding steroid dienone is 1. The van der Waals surface area contributed by atoms with Crippen molar-refractivity contribution in [2.75, 3.05) is 6.26 Å². The summed E-state index contributed by atoms with van der Waals surface area (Å²) in [6.45, 7) is 5.07. The molecule has 0 rings (SSSR count). The van der Waals surface area contributed by atoms with Crippen LogP contribution in [0, 0.1) is 5.92 Å². The Morgan fingerprint density at radius 2 is 1.76 bits per heavy atom. The summed E-state index contributed by atoms with van der Waals surface area (Å²) in [6.07, 6.45) is 6.72. The third-order valence-electron chi connectivity index (χ3n) is 2.82. The van der Waals surface area contributed by atoms with Crippen LogP contribution in [0.4, 0.5) is 0 Å². The SMILES string of the molecule is CSC(=O)/C=C\[C@@H](C)C[C@@H](NC(=O)/C=C\[C@H](C)O)[C@@H](C)O. The maximum absolute atomic E-state index is 11.7. The molecule has 6 heteroatoms. The number of amides is 1. The van der Waals surface area contributed by atoms with Gasteiger partial charge in [0, 0.05) is 6.08 Å². The van der Waals surface area contributed by atoms with Gasteiger partial charge >= 0.3 is 0 Å². The molecule has 21 heavy (non-hydrogen) atoms. The first-order valence-electron chi connectivity index (χ1n) is 6.87. The number of hydrogen-bond acceptors (Lipinski definition) is 5. The van der Waals surface area contributed by atoms with E-state index in [1.54, 1.807) is 26.2 Å². The van der Waals surface area contributed by atoms with E-state index in [1.807, 2.05) is 6.92 Å². The van der Waals surface area contributed by atoms with Crippen LogP contribution in [-0.4, -0.2) is 45.7 Å². The zero-order valence-corrected chi connectivity index (χ0v) is 13.8. The molecule has 0 aliphatic rings. The fourth-order valence-corrected chi connectivity index (χ4v) is 1.84. The van der Waals surface area contributed by atoms with Crippen molar-refractivity contribution in [3.8, 4) is 0 Å². The van der Waals surface area contributed by atoms with Gasteiger partial charge in [-0.05, 0) is 38.5 Å². The molecule has 0 bridgehead atoms. The third kappa shape index (κ3) is 10.3. The lowest BCUT2D eigenvalue weighted by molar-refractivity contribution is -0.118. The second-order valence-corrected chi connectivity index (χ2v) is 5.86. The molecular formula is C15H25NO4S. The number of hydrogen-bond donors (Lipinski definition) is 3. The minimum Gasteiger partial charge on any atom is -0.391 e. The van der Waals surface area contributed by atoms with Crippen molar-refractivity contribution in [3.63, 3.8) is 0 Å². The van der Waals surface area contributed by atoms with E-state index in [0.717, 1.165) is 11.8 Å². The molecule has 0 heterocycles. The quantitative estimate of drug-likeness (QED) is 0.587. The molecule has 0 aliphatic heterocycles. The average Bonchev–Trinajstić information content (AvgIpc) is 2.41. The number of nitrogens with one attached hydrogen (secondary N) is 1. The Morgan fingerprint density at radius 3 is 2.24 bits per heavy atom. The van der Waals surface area contributed by atoms with Gasteiger partial charge in [0.25, 0.3) is 0 Å². The van der Waals surface area contributed by atoms with Crippen molar-refractivity contribution in [1.82, 2.24) is 5.32 Å². The summed E-state index contributed by atoms with van der Waals surface area (Å²) in [5.41, 5.74) is 0. The van der Waals surface area contributed by atoms with Gasteiger partial charge in [-0.25, -0.2) is 0 Å². The number of aliphatic hydroxyl groups excluding tert-OH is 2. The number of thioether (sulfide) groups is 1. The summed E-state index contributed by atoms with van der Waals surface area (Å²) >= 11 is 1.13. The molecule has 0 aliphatic carbocycles. The highest BCUT2D eigenvalue weighted by Gasteiger charge is 2.18. The molecule has 0 unspecified atom stereocenters. The van der Waals surface area contributed by atoms with Crippen LogP contribution in [0.1, 0.15) is 27.2 Å². The molecule has 120 valence electrons. The predicted molar refractivity (Wildman–Crippen MR) is 85.9 cm³/mol. The van der Waals surface area contributed by atoms with Crippen LogP contribution >= 0.6 is 11.8 Å². The Balaban J connectivity index is 4.52. The first kappa shape index (κ1) is 19.9. The van der Waals surface area contributed by atoms with Gasteiger partial charge in [-0.15, -0.1) is 0 Å². The van der Waals surface area contributed by atoms with Gasteiger partial charge in [0.15, 0.2) is 0 Å². The summed E-state index contributed by atoms with van der Waals surface area (Å²) in [4.78, 5) is 22.8. The Kier molecular flexibility index (Phi) is 10.0. The predicted octanol–water partition coefficient (Wildman–Crippen LogP) is 1.26. The highest BCUT2D eigenvalue weighted by Crippen LogP contribution is 2.12. The summed E-state index contributed by atoms with van der Waals surface area (Å²) in [7, 11) is 0. The highest BCUT2D eigenvalue weighted by atomic mass is 32.2. The van der Waals surface area contributed by atoms with Gasteiger partial charge in [-0.3, -0.25) is 9.59 Å². The lowest BCUT2D eigenvalue weighted by atomic mass is 9.98. The fourth-order valence-electron chi connectivity index (χ4n) is 1.62. The molecule has 0 saturated heterocycles. The van der Waals surface area contributed by atoms with Gasteiger partial charge < -0.3 is 15.5 Å². The molecule has 0 saturated carbocycles. The fraction of sp³-hybridized carbons (Fsp3) is 0.600. The Bertz CT molecular complexity index is 391. The van der Waals surface area contributed by atoms with Crippen LogP contribution in [0.5, 0.6) is 0 Å². The van der Waals surface area contributed by atoms with Crippen LogP contribution in [0.2, 0.25) is 0 Å². The first-order chi connectivity index (χ1) is 9.76. The highest BCUT2D eigenvalue weighted by molar-refractivity contribution is 8.13. The minimum atomic E-state index is -0.707. The molecule has 3 N–H and O–H groups in total. The number of carbonyl (C=O) groups excluding carboxylic acids is 2. The minimum absolute atomic E-state index is 0.0284. The smallest absolute Gasteiger partial charge is 0.244 e. The van der Waals surface area contributed by atoms with E-state index in [2.05, 4.69) is 5.32 Å². The van der Waals surface area contributed by atoms with E-state index >= 15 is 0 Å². The van der Waals surface area contributed by atoms with Crippen LogP contribution in [-0.2, 0) is 9.59 Å². The molecule has 4 atom stereocenters. The molecule has 0 aromatic heterocycles. The van der Waals surface area contributed by atoms with Crippen LogP contribution in [0.15, 0.2) is 24.3 Å². The van der Waals surface area contributed by atoms with Crippen molar-refractivity contribution >= 4 is 22.8 Å². The molecule has 1 amide bonds. The maximum Gasteiger partial charge on any atom is 0.244 e. The summed E-state index contributed by atoms with van der Waals surface area (Å²) in [5, 5.41) is 21.5. The lowest BCUT2D eigenvalue weighted by Crippen LogP contribution is -2.42. The zero-order chi connectivity index (χ0) is 16.4. The first-order valence-corrected chi connectivity index (χ1v) is 8.09. The summed E-state index contributed by atoms with van der Waals surface area (Å²) in [6, 6.07) is -0.416. The van der Waals surface area contributed by atoms with Gasteiger partial charge in [-0.2, -0.15) is 0 Å². The van der Waals surface area contributed by atoms with Crippen molar-refractivity contribution in [3.05, 3.63) is 24.3 Å². The number of aliphatic hydroxyl groups is 2. The van der Waals surface area contributed by atoms with Gasteiger partial charge in [0.05, 0.1) is 18.2 Å². The van der Waals surface area contributed by atoms with Gasteiger partial charge in [0.1, 0.15) is 0 Å². The average molecular weight is 315 g/mol. The second-order valence-electron chi connectivity index (χ2n) is 5.05. The van der Waals surface area contributed by atoms with Gasteiger partial charge in [0.2, 0.25) is 11.0 Å². The molecule has 0 aromatic rings. The van der Waals surface area contributed by atoms with Crippen LogP contribution < -0.4 is 5.32 Å². The summed E-state index contributed by atoms with van der Waals surface area (Å²) < 4.78 is 0. The molecule has 0 fully saturated rings. The molecular weight excluding hydrogens is 290 g/mol. The Morgan fingerprint density at radius 1 is 1.14 bits per heavy atom. The van der Waals surface area contributed by atoms with E-state index < -0.39 is 18.2 Å². The lowest BCUT2D eigenvalue weighted by Gasteiger charge is -2.23. The van der Waals surface area contributed by atoms with Crippen molar-refractivity contribution in [2.45, 2.75) is 45.4 Å². The monoisotopic (exact) mass is 315 g/mol. The molecule has 5 nitrogen and oxygen atoms in total. The number of rotatable bonds is 8. The normalized spacial score (nSPS) is 17.6. The van der Waals surface area contributed by atoms with E-state index in [0.29, 0.717) is 6.42 Å². The van der Waals surface area contributed by atoms with Gasteiger partial charge in [-0.1, -0.05) is 30.8 Å². The Labute approximate surface area is 130 Å². The van der Waals surface area contributed by atoms with E-state index in [4.69, 9.17) is 5.11 Å². The molecule has 0 spiro atoms. The van der Waals surface area contributed by atoms with Crippen molar-refractivity contribution in [2.24, 2.45) is 5.92 Å². The largest absolute Gasteiger partial charge is 0.391 e. The Hall–Kier alpha value is -1.11. The standard InChI is InChI=1S/C15H25NO4S/c1-10(5-8-15(20)21-4)9-13(12(3)18)16-14(19)7-6-11(2)17/h5-8,10-13,17-18H,9H2,1-4H3,(H,16,19)/b7-6-,8-5-/t10-,11+,12-,13-/m1/s1. The maximum atomic E-state index is 11.7.